The zero-order valence-corrected chi connectivity index (χ0v) is 6.71. The van der Waals surface area contributed by atoms with E-state index in [0.717, 1.165) is 24.8 Å². The molecular formula is C9H10N2O. The number of nitrogens with one attached hydrogen (secondary N) is 1. The molecule has 0 spiro atoms. The fraction of sp³-hybridized carbons (Fsp3) is 0.556. The largest absolute Gasteiger partial charge is 0.299 e. The van der Waals surface area contributed by atoms with Crippen molar-refractivity contribution in [2.45, 2.75) is 25.2 Å². The minimum absolute atomic E-state index is 0.178. The Labute approximate surface area is 70.2 Å². The van der Waals surface area contributed by atoms with Gasteiger partial charge in [0.05, 0.1) is 6.20 Å². The van der Waals surface area contributed by atoms with Gasteiger partial charge in [0.25, 0.3) is 0 Å². The molecule has 3 rings (SSSR count). The maximum Gasteiger partial charge on any atom is 0.143 e. The quantitative estimate of drug-likeness (QED) is 0.619. The maximum atomic E-state index is 11.6. The summed E-state index contributed by atoms with van der Waals surface area (Å²) >= 11 is 0. The van der Waals surface area contributed by atoms with Crippen molar-refractivity contribution in [2.24, 2.45) is 5.92 Å². The first kappa shape index (κ1) is 6.40. The van der Waals surface area contributed by atoms with Gasteiger partial charge in [-0.2, -0.15) is 5.10 Å². The van der Waals surface area contributed by atoms with Gasteiger partial charge in [-0.1, -0.05) is 0 Å². The molecule has 0 radical (unpaired) electrons. The lowest BCUT2D eigenvalue weighted by molar-refractivity contribution is -0.122. The van der Waals surface area contributed by atoms with Gasteiger partial charge in [-0.15, -0.1) is 0 Å². The molecule has 3 nitrogen and oxygen atoms in total. The molecule has 0 unspecified atom stereocenters. The molecule has 1 heterocycles. The van der Waals surface area contributed by atoms with Gasteiger partial charge in [0.2, 0.25) is 0 Å². The number of H-pyrrole nitrogens is 1. The SMILES string of the molecule is O=C1[C@H]2CC[C@H]1c1cn[nH]c1C2. The van der Waals surface area contributed by atoms with Crippen LogP contribution < -0.4 is 0 Å². The summed E-state index contributed by atoms with van der Waals surface area (Å²) in [6.07, 6.45) is 4.83. The third kappa shape index (κ3) is 0.618. The standard InChI is InChI=1S/C9H10N2O/c12-9-5-1-2-6(9)7-4-10-11-8(7)3-5/h4-6H,1-3H2,(H,10,11)/t5-,6-/m0/s1. The number of rotatable bonds is 0. The summed E-state index contributed by atoms with van der Waals surface area (Å²) in [5.74, 6) is 0.921. The second-order valence-corrected chi connectivity index (χ2v) is 3.74. The van der Waals surface area contributed by atoms with E-state index in [9.17, 15) is 4.79 Å². The van der Waals surface area contributed by atoms with E-state index in [0.29, 0.717) is 11.7 Å². The van der Waals surface area contributed by atoms with E-state index < -0.39 is 0 Å². The van der Waals surface area contributed by atoms with Crippen LogP contribution in [-0.4, -0.2) is 16.0 Å². The smallest absolute Gasteiger partial charge is 0.143 e. The van der Waals surface area contributed by atoms with Gasteiger partial charge in [0.15, 0.2) is 0 Å². The molecule has 2 bridgehead atoms. The van der Waals surface area contributed by atoms with Crippen molar-refractivity contribution in [1.29, 1.82) is 0 Å². The van der Waals surface area contributed by atoms with Crippen molar-refractivity contribution in [3.05, 3.63) is 17.5 Å². The molecule has 2 aliphatic rings. The van der Waals surface area contributed by atoms with Crippen molar-refractivity contribution in [3.63, 3.8) is 0 Å². The molecule has 2 atom stereocenters. The fourth-order valence-corrected chi connectivity index (χ4v) is 2.48. The van der Waals surface area contributed by atoms with Gasteiger partial charge in [-0.25, -0.2) is 0 Å². The van der Waals surface area contributed by atoms with Gasteiger partial charge >= 0.3 is 0 Å². The molecule has 1 fully saturated rings. The minimum Gasteiger partial charge on any atom is -0.299 e. The van der Waals surface area contributed by atoms with Gasteiger partial charge in [0.1, 0.15) is 5.78 Å². The highest BCUT2D eigenvalue weighted by Crippen LogP contribution is 2.42. The van der Waals surface area contributed by atoms with Gasteiger partial charge < -0.3 is 0 Å². The molecule has 0 aromatic carbocycles. The summed E-state index contributed by atoms with van der Waals surface area (Å²) in [6, 6.07) is 0. The van der Waals surface area contributed by atoms with Crippen molar-refractivity contribution < 1.29 is 4.79 Å². The van der Waals surface area contributed by atoms with Crippen molar-refractivity contribution in [1.82, 2.24) is 10.2 Å². The summed E-state index contributed by atoms with van der Waals surface area (Å²) in [4.78, 5) is 11.6. The zero-order chi connectivity index (χ0) is 8.13. The summed E-state index contributed by atoms with van der Waals surface area (Å²) in [5.41, 5.74) is 2.36. The lowest BCUT2D eigenvalue weighted by Gasteiger charge is -2.16. The normalized spacial score (nSPS) is 32.2. The number of aromatic amines is 1. The number of Topliss-reactive ketones (excluding diaryl/α,β-unsaturated/α-hetero) is 1. The van der Waals surface area contributed by atoms with Gasteiger partial charge in [-0.3, -0.25) is 9.89 Å². The number of nitrogens with zero attached hydrogens (tertiary/aromatic N) is 1. The Morgan fingerprint density at radius 2 is 2.42 bits per heavy atom. The number of carbonyl (C=O) groups excluding carboxylic acids is 1. The molecule has 0 amide bonds. The van der Waals surface area contributed by atoms with E-state index in [-0.39, 0.29) is 5.92 Å². The molecule has 1 saturated carbocycles. The number of fused-ring (bicyclic) bond motifs is 4. The average molecular weight is 162 g/mol. The highest BCUT2D eigenvalue weighted by Gasteiger charge is 2.41. The summed E-state index contributed by atoms with van der Waals surface area (Å²) in [6.45, 7) is 0. The van der Waals surface area contributed by atoms with Crippen molar-refractivity contribution in [3.8, 4) is 0 Å². The summed E-state index contributed by atoms with van der Waals surface area (Å²) in [7, 11) is 0. The van der Waals surface area contributed by atoms with Crippen LogP contribution in [0.15, 0.2) is 6.20 Å². The minimum atomic E-state index is 0.178. The Balaban J connectivity index is 2.18. The third-order valence-corrected chi connectivity index (χ3v) is 3.13. The molecule has 1 aromatic heterocycles. The monoisotopic (exact) mass is 162 g/mol. The van der Waals surface area contributed by atoms with Crippen LogP contribution in [0.1, 0.15) is 30.0 Å². The van der Waals surface area contributed by atoms with E-state index in [1.54, 1.807) is 0 Å². The number of carbonyl (C=O) groups is 1. The first-order valence-corrected chi connectivity index (χ1v) is 4.42. The Bertz CT molecular complexity index is 342. The Hall–Kier alpha value is -1.12. The van der Waals surface area contributed by atoms with E-state index >= 15 is 0 Å². The van der Waals surface area contributed by atoms with Crippen LogP contribution >= 0.6 is 0 Å². The van der Waals surface area contributed by atoms with Gasteiger partial charge in [0, 0.05) is 23.1 Å². The highest BCUT2D eigenvalue weighted by molar-refractivity contribution is 5.91. The lowest BCUT2D eigenvalue weighted by atomic mass is 9.86. The van der Waals surface area contributed by atoms with Gasteiger partial charge in [-0.05, 0) is 19.3 Å². The van der Waals surface area contributed by atoms with E-state index in [1.807, 2.05) is 6.20 Å². The Kier molecular flexibility index (Phi) is 1.05. The average Bonchev–Trinajstić information content (AvgIpc) is 2.59. The molecule has 3 heteroatoms. The number of hydrogen-bond acceptors (Lipinski definition) is 2. The first-order valence-electron chi connectivity index (χ1n) is 4.42. The highest BCUT2D eigenvalue weighted by atomic mass is 16.1. The van der Waals surface area contributed by atoms with E-state index in [1.165, 1.54) is 5.69 Å². The molecule has 62 valence electrons. The Morgan fingerprint density at radius 3 is 3.33 bits per heavy atom. The third-order valence-electron chi connectivity index (χ3n) is 3.13. The predicted molar refractivity (Wildman–Crippen MR) is 42.8 cm³/mol. The van der Waals surface area contributed by atoms with Crippen molar-refractivity contribution in [2.75, 3.05) is 0 Å². The second-order valence-electron chi connectivity index (χ2n) is 3.74. The second kappa shape index (κ2) is 1.97. The first-order chi connectivity index (χ1) is 5.86. The lowest BCUT2D eigenvalue weighted by Crippen LogP contribution is -2.21. The van der Waals surface area contributed by atoms with Crippen LogP contribution in [0.5, 0.6) is 0 Å². The molecular weight excluding hydrogens is 152 g/mol. The molecule has 0 aliphatic heterocycles. The maximum absolute atomic E-state index is 11.6. The van der Waals surface area contributed by atoms with Crippen LogP contribution in [0.3, 0.4) is 0 Å². The van der Waals surface area contributed by atoms with Crippen LogP contribution in [0.4, 0.5) is 0 Å². The molecule has 0 saturated heterocycles. The zero-order valence-electron chi connectivity index (χ0n) is 6.71. The fourth-order valence-electron chi connectivity index (χ4n) is 2.48. The number of aromatic nitrogens is 2. The number of hydrogen-bond donors (Lipinski definition) is 1. The number of ketones is 1. The van der Waals surface area contributed by atoms with Crippen molar-refractivity contribution >= 4 is 5.78 Å². The summed E-state index contributed by atoms with van der Waals surface area (Å²) in [5, 5.41) is 6.96. The van der Waals surface area contributed by atoms with Crippen LogP contribution in [0.2, 0.25) is 0 Å². The molecule has 1 N–H and O–H groups in total. The molecule has 2 aliphatic carbocycles. The topological polar surface area (TPSA) is 45.8 Å². The van der Waals surface area contributed by atoms with E-state index in [4.69, 9.17) is 0 Å². The molecule has 12 heavy (non-hydrogen) atoms. The van der Waals surface area contributed by atoms with E-state index in [2.05, 4.69) is 10.2 Å². The summed E-state index contributed by atoms with van der Waals surface area (Å²) < 4.78 is 0. The molecule has 1 aromatic rings. The Morgan fingerprint density at radius 1 is 1.50 bits per heavy atom. The predicted octanol–water partition coefficient (Wildman–Crippen LogP) is 1.03. The van der Waals surface area contributed by atoms with Crippen LogP contribution in [0, 0.1) is 5.92 Å². The van der Waals surface area contributed by atoms with Crippen LogP contribution in [-0.2, 0) is 11.2 Å². The van der Waals surface area contributed by atoms with Crippen LogP contribution in [0.25, 0.3) is 0 Å².